The number of H-pyrrole nitrogens is 1. The lowest BCUT2D eigenvalue weighted by molar-refractivity contribution is 0.0706. The first-order valence-electron chi connectivity index (χ1n) is 8.01. The number of oxazole rings is 1. The van der Waals surface area contributed by atoms with Gasteiger partial charge in [-0.05, 0) is 37.1 Å². The third kappa shape index (κ3) is 2.42. The molecule has 24 heavy (non-hydrogen) atoms. The Morgan fingerprint density at radius 2 is 2.25 bits per heavy atom. The summed E-state index contributed by atoms with van der Waals surface area (Å²) >= 11 is 0. The molecule has 4 rings (SSSR count). The van der Waals surface area contributed by atoms with Crippen molar-refractivity contribution in [1.29, 1.82) is 0 Å². The molecule has 3 heterocycles. The van der Waals surface area contributed by atoms with Crippen molar-refractivity contribution in [3.63, 3.8) is 0 Å². The van der Waals surface area contributed by atoms with E-state index in [-0.39, 0.29) is 11.8 Å². The number of amides is 1. The Labute approximate surface area is 137 Å². The number of aryl methyl sites for hydroxylation is 1. The maximum atomic E-state index is 12.9. The number of likely N-dealkylation sites (tertiary alicyclic amines) is 1. The highest BCUT2D eigenvalue weighted by atomic mass is 16.4. The molecule has 1 atom stereocenters. The van der Waals surface area contributed by atoms with E-state index in [1.165, 1.54) is 4.57 Å². The molecule has 0 radical (unpaired) electrons. The first-order chi connectivity index (χ1) is 11.6. The monoisotopic (exact) mass is 326 g/mol. The molecule has 1 aliphatic rings. The molecule has 0 saturated carbocycles. The molecule has 2 aromatic heterocycles. The number of carbonyl (C=O) groups excluding carboxylic acids is 1. The highest BCUT2D eigenvalue weighted by molar-refractivity contribution is 5.97. The number of aromatic amines is 1. The van der Waals surface area contributed by atoms with Gasteiger partial charge >= 0.3 is 5.76 Å². The van der Waals surface area contributed by atoms with Crippen molar-refractivity contribution in [3.8, 4) is 0 Å². The molecule has 1 saturated heterocycles. The number of fused-ring (bicyclic) bond motifs is 1. The number of hydrogen-bond donors (Lipinski definition) is 1. The molecule has 3 aromatic rings. The molecule has 7 nitrogen and oxygen atoms in total. The van der Waals surface area contributed by atoms with E-state index in [9.17, 15) is 9.59 Å². The van der Waals surface area contributed by atoms with Crippen molar-refractivity contribution in [3.05, 3.63) is 52.3 Å². The molecule has 1 amide bonds. The summed E-state index contributed by atoms with van der Waals surface area (Å²) in [6, 6.07) is 7.09. The Kier molecular flexibility index (Phi) is 3.48. The van der Waals surface area contributed by atoms with Crippen molar-refractivity contribution in [2.45, 2.75) is 18.8 Å². The summed E-state index contributed by atoms with van der Waals surface area (Å²) in [5, 5.41) is 7.00. The first kappa shape index (κ1) is 14.7. The van der Waals surface area contributed by atoms with E-state index in [4.69, 9.17) is 4.42 Å². The largest absolute Gasteiger partial charge is 0.419 e. The molecule has 0 spiro atoms. The number of aromatic nitrogens is 3. The molecule has 1 aromatic carbocycles. The molecule has 7 heteroatoms. The van der Waals surface area contributed by atoms with Crippen LogP contribution in [0.15, 0.2) is 39.7 Å². The van der Waals surface area contributed by atoms with Crippen molar-refractivity contribution in [2.75, 3.05) is 13.1 Å². The third-order valence-corrected chi connectivity index (χ3v) is 4.71. The predicted octanol–water partition coefficient (Wildman–Crippen LogP) is 1.87. The van der Waals surface area contributed by atoms with Gasteiger partial charge in [0.2, 0.25) is 0 Å². The zero-order valence-electron chi connectivity index (χ0n) is 13.4. The molecule has 0 bridgehead atoms. The number of benzene rings is 1. The Morgan fingerprint density at radius 1 is 1.38 bits per heavy atom. The molecule has 124 valence electrons. The van der Waals surface area contributed by atoms with Crippen LogP contribution < -0.4 is 5.76 Å². The second kappa shape index (κ2) is 5.67. The minimum atomic E-state index is -0.424. The molecule has 1 N–H and O–H groups in total. The van der Waals surface area contributed by atoms with Crippen molar-refractivity contribution in [2.24, 2.45) is 7.05 Å². The van der Waals surface area contributed by atoms with Crippen LogP contribution in [0.4, 0.5) is 0 Å². The van der Waals surface area contributed by atoms with Gasteiger partial charge in [-0.15, -0.1) is 0 Å². The fraction of sp³-hybridized carbons (Fsp3) is 0.353. The van der Waals surface area contributed by atoms with Crippen LogP contribution in [0.25, 0.3) is 11.1 Å². The van der Waals surface area contributed by atoms with E-state index in [0.29, 0.717) is 23.2 Å². The fourth-order valence-corrected chi connectivity index (χ4v) is 3.35. The van der Waals surface area contributed by atoms with Gasteiger partial charge in [0.05, 0.1) is 5.52 Å². The summed E-state index contributed by atoms with van der Waals surface area (Å²) < 4.78 is 6.53. The molecule has 0 aliphatic carbocycles. The second-order valence-electron chi connectivity index (χ2n) is 6.21. The Balaban J connectivity index is 1.61. The van der Waals surface area contributed by atoms with Crippen LogP contribution in [0.5, 0.6) is 0 Å². The van der Waals surface area contributed by atoms with E-state index in [1.54, 1.807) is 31.4 Å². The normalized spacial score (nSPS) is 18.2. The van der Waals surface area contributed by atoms with Gasteiger partial charge in [0.1, 0.15) is 0 Å². The molecule has 0 unspecified atom stereocenters. The zero-order valence-corrected chi connectivity index (χ0v) is 13.4. The van der Waals surface area contributed by atoms with Crippen molar-refractivity contribution >= 4 is 17.0 Å². The number of hydrogen-bond acceptors (Lipinski definition) is 4. The van der Waals surface area contributed by atoms with Gasteiger partial charge in [0.15, 0.2) is 5.58 Å². The second-order valence-corrected chi connectivity index (χ2v) is 6.21. The van der Waals surface area contributed by atoms with Crippen LogP contribution in [0.1, 0.15) is 34.8 Å². The first-order valence-corrected chi connectivity index (χ1v) is 8.01. The van der Waals surface area contributed by atoms with Crippen LogP contribution in [0.2, 0.25) is 0 Å². The van der Waals surface area contributed by atoms with E-state index in [2.05, 4.69) is 10.2 Å². The maximum absolute atomic E-state index is 12.9. The lowest BCUT2D eigenvalue weighted by Gasteiger charge is -2.32. The molecular formula is C17H18N4O3. The summed E-state index contributed by atoms with van der Waals surface area (Å²) in [4.78, 5) is 26.3. The summed E-state index contributed by atoms with van der Waals surface area (Å²) in [5.41, 5.74) is 2.77. The van der Waals surface area contributed by atoms with Gasteiger partial charge in [0.25, 0.3) is 5.91 Å². The lowest BCUT2D eigenvalue weighted by Crippen LogP contribution is -2.39. The Bertz CT molecular complexity index is 939. The van der Waals surface area contributed by atoms with Crippen LogP contribution >= 0.6 is 0 Å². The predicted molar refractivity (Wildman–Crippen MR) is 87.9 cm³/mol. The van der Waals surface area contributed by atoms with Crippen LogP contribution in [0, 0.1) is 0 Å². The number of piperidine rings is 1. The van der Waals surface area contributed by atoms with Gasteiger partial charge in [0, 0.05) is 43.5 Å². The molecule has 1 aliphatic heterocycles. The van der Waals surface area contributed by atoms with E-state index < -0.39 is 5.76 Å². The third-order valence-electron chi connectivity index (χ3n) is 4.71. The van der Waals surface area contributed by atoms with Gasteiger partial charge in [-0.2, -0.15) is 5.10 Å². The van der Waals surface area contributed by atoms with Gasteiger partial charge in [-0.25, -0.2) is 4.79 Å². The van der Waals surface area contributed by atoms with Crippen LogP contribution in [-0.2, 0) is 7.05 Å². The SMILES string of the molecule is Cn1c(=O)oc2ccc(C(=O)N3CCC[C@H](c4ccn[nH]4)C3)cc21. The molecule has 1 fully saturated rings. The zero-order chi connectivity index (χ0) is 16.7. The van der Waals surface area contributed by atoms with E-state index >= 15 is 0 Å². The number of rotatable bonds is 2. The number of nitrogens with one attached hydrogen (secondary N) is 1. The fourth-order valence-electron chi connectivity index (χ4n) is 3.35. The van der Waals surface area contributed by atoms with E-state index in [1.807, 2.05) is 11.0 Å². The summed E-state index contributed by atoms with van der Waals surface area (Å²) in [7, 11) is 1.64. The standard InChI is InChI=1S/C17H18N4O3/c1-20-14-9-11(4-5-15(14)24-17(20)23)16(22)21-8-2-3-12(10-21)13-6-7-18-19-13/h4-7,9,12H,2-3,8,10H2,1H3,(H,18,19)/t12-/m0/s1. The average molecular weight is 326 g/mol. The smallest absolute Gasteiger partial charge is 0.408 e. The van der Waals surface area contributed by atoms with Crippen LogP contribution in [-0.4, -0.2) is 38.7 Å². The summed E-state index contributed by atoms with van der Waals surface area (Å²) in [6.07, 6.45) is 3.74. The Morgan fingerprint density at radius 3 is 3.04 bits per heavy atom. The van der Waals surface area contributed by atoms with E-state index in [0.717, 1.165) is 25.1 Å². The van der Waals surface area contributed by atoms with Crippen LogP contribution in [0.3, 0.4) is 0 Å². The average Bonchev–Trinajstić information content (AvgIpc) is 3.24. The summed E-state index contributed by atoms with van der Waals surface area (Å²) in [6.45, 7) is 1.41. The highest BCUT2D eigenvalue weighted by Gasteiger charge is 2.26. The topological polar surface area (TPSA) is 84.1 Å². The van der Waals surface area contributed by atoms with Gasteiger partial charge in [-0.3, -0.25) is 14.5 Å². The lowest BCUT2D eigenvalue weighted by atomic mass is 9.94. The number of nitrogens with zero attached hydrogens (tertiary/aromatic N) is 3. The van der Waals surface area contributed by atoms with Crippen molar-refractivity contribution in [1.82, 2.24) is 19.7 Å². The maximum Gasteiger partial charge on any atom is 0.419 e. The minimum Gasteiger partial charge on any atom is -0.408 e. The van der Waals surface area contributed by atoms with Gasteiger partial charge in [-0.1, -0.05) is 0 Å². The van der Waals surface area contributed by atoms with Crippen molar-refractivity contribution < 1.29 is 9.21 Å². The van der Waals surface area contributed by atoms with Gasteiger partial charge < -0.3 is 9.32 Å². The quantitative estimate of drug-likeness (QED) is 0.779. The molecular weight excluding hydrogens is 308 g/mol. The summed E-state index contributed by atoms with van der Waals surface area (Å²) in [5.74, 6) is -0.158. The number of carbonyl (C=O) groups is 1. The minimum absolute atomic E-state index is 0.0187. The Hall–Kier alpha value is -2.83. The highest BCUT2D eigenvalue weighted by Crippen LogP contribution is 2.26.